The van der Waals surface area contributed by atoms with Crippen LogP contribution in [0.4, 0.5) is 0 Å². The van der Waals surface area contributed by atoms with Gasteiger partial charge in [-0.15, -0.1) is 0 Å². The largest absolute Gasteiger partial charge is 0.468 e. The summed E-state index contributed by atoms with van der Waals surface area (Å²) in [6.07, 6.45) is 1.65. The summed E-state index contributed by atoms with van der Waals surface area (Å²) in [6.45, 7) is 6.22. The van der Waals surface area contributed by atoms with E-state index in [0.29, 0.717) is 31.2 Å². The van der Waals surface area contributed by atoms with E-state index in [2.05, 4.69) is 0 Å². The topological polar surface area (TPSA) is 49.9 Å². The average molecular weight is 351 g/mol. The average Bonchev–Trinajstić information content (AvgIpc) is 2.56. The first-order valence-electron chi connectivity index (χ1n) is 7.93. The molecule has 1 fully saturated rings. The number of amides is 1. The Kier molecular flexibility index (Phi) is 6.40. The Labute approximate surface area is 147 Å². The van der Waals surface area contributed by atoms with Crippen molar-refractivity contribution >= 4 is 23.5 Å². The fourth-order valence-electron chi connectivity index (χ4n) is 2.79. The number of nitrogens with zero attached hydrogens (tertiary/aromatic N) is 2. The maximum atomic E-state index is 12.3. The number of hydrogen-bond donors (Lipinski definition) is 0. The van der Waals surface area contributed by atoms with Crippen molar-refractivity contribution in [1.29, 1.82) is 0 Å². The number of methoxy groups -OCH3 is 1. The van der Waals surface area contributed by atoms with Gasteiger partial charge >= 0.3 is 5.97 Å². The molecule has 1 aromatic carbocycles. The number of piperazine rings is 1. The van der Waals surface area contributed by atoms with E-state index in [1.54, 1.807) is 23.1 Å². The molecule has 2 rings (SSSR count). The number of rotatable bonds is 4. The second kappa shape index (κ2) is 8.31. The maximum Gasteiger partial charge on any atom is 0.327 e. The number of carbonyl (C=O) groups is 2. The first kappa shape index (κ1) is 18.5. The molecule has 0 spiro atoms. The van der Waals surface area contributed by atoms with Crippen LogP contribution in [0.2, 0.25) is 5.02 Å². The minimum atomic E-state index is -0.479. The molecule has 1 aliphatic rings. The van der Waals surface area contributed by atoms with Crippen LogP contribution in [0.25, 0.3) is 0 Å². The molecule has 1 aromatic rings. The number of hydrogen-bond acceptors (Lipinski definition) is 4. The number of benzene rings is 1. The van der Waals surface area contributed by atoms with Gasteiger partial charge in [0, 0.05) is 37.3 Å². The normalized spacial score (nSPS) is 16.4. The third-order valence-electron chi connectivity index (χ3n) is 4.01. The quantitative estimate of drug-likeness (QED) is 0.619. The van der Waals surface area contributed by atoms with Gasteiger partial charge in [0.2, 0.25) is 5.91 Å². The van der Waals surface area contributed by atoms with E-state index in [0.717, 1.165) is 11.1 Å². The molecular weight excluding hydrogens is 328 g/mol. The number of carbonyl (C=O) groups excluding carboxylic acids is 2. The van der Waals surface area contributed by atoms with E-state index in [1.807, 2.05) is 30.9 Å². The molecule has 1 heterocycles. The lowest BCUT2D eigenvalue weighted by molar-refractivity contribution is -0.148. The summed E-state index contributed by atoms with van der Waals surface area (Å²) in [5, 5.41) is 0.625. The van der Waals surface area contributed by atoms with Gasteiger partial charge in [0.15, 0.2) is 0 Å². The Morgan fingerprint density at radius 2 is 1.71 bits per heavy atom. The van der Waals surface area contributed by atoms with Crippen molar-refractivity contribution in [2.24, 2.45) is 0 Å². The summed E-state index contributed by atoms with van der Waals surface area (Å²) >= 11 is 5.93. The number of allylic oxidation sites excluding steroid dienone is 1. The molecule has 130 valence electrons. The van der Waals surface area contributed by atoms with E-state index in [-0.39, 0.29) is 11.9 Å². The molecule has 0 aromatic heterocycles. The van der Waals surface area contributed by atoms with Crippen molar-refractivity contribution in [2.45, 2.75) is 19.9 Å². The highest BCUT2D eigenvalue weighted by Gasteiger charge is 2.32. The van der Waals surface area contributed by atoms with Crippen LogP contribution in [0.5, 0.6) is 0 Å². The Bertz CT molecular complexity index is 616. The lowest BCUT2D eigenvalue weighted by atomic mass is 10.0. The first-order chi connectivity index (χ1) is 11.4. The standard InChI is InChI=1S/C18H23ClN2O3/c1-13(2)12-16(22)20-8-10-21(11-9-20)17(18(23)24-3)14-4-6-15(19)7-5-14/h4-7,12,17H,8-11H2,1-3H3. The van der Waals surface area contributed by atoms with Gasteiger partial charge in [-0.25, -0.2) is 4.79 Å². The molecule has 6 heteroatoms. The van der Waals surface area contributed by atoms with E-state index >= 15 is 0 Å². The van der Waals surface area contributed by atoms with E-state index in [4.69, 9.17) is 16.3 Å². The third-order valence-corrected chi connectivity index (χ3v) is 4.27. The van der Waals surface area contributed by atoms with Gasteiger partial charge in [-0.05, 0) is 31.5 Å². The zero-order valence-electron chi connectivity index (χ0n) is 14.3. The second-order valence-corrected chi connectivity index (χ2v) is 6.50. The lowest BCUT2D eigenvalue weighted by Crippen LogP contribution is -2.50. The predicted molar refractivity (Wildman–Crippen MR) is 93.8 cm³/mol. The summed E-state index contributed by atoms with van der Waals surface area (Å²) < 4.78 is 4.97. The van der Waals surface area contributed by atoms with Crippen LogP contribution < -0.4 is 0 Å². The van der Waals surface area contributed by atoms with Gasteiger partial charge in [-0.3, -0.25) is 9.69 Å². The van der Waals surface area contributed by atoms with Crippen molar-refractivity contribution in [3.63, 3.8) is 0 Å². The second-order valence-electron chi connectivity index (χ2n) is 6.06. The molecule has 0 N–H and O–H groups in total. The van der Waals surface area contributed by atoms with Crippen LogP contribution in [0, 0.1) is 0 Å². The van der Waals surface area contributed by atoms with Crippen LogP contribution in [-0.2, 0) is 14.3 Å². The van der Waals surface area contributed by atoms with Gasteiger partial charge < -0.3 is 9.64 Å². The van der Waals surface area contributed by atoms with Gasteiger partial charge in [-0.1, -0.05) is 29.3 Å². The molecule has 1 saturated heterocycles. The van der Waals surface area contributed by atoms with Crippen LogP contribution in [-0.4, -0.2) is 55.0 Å². The lowest BCUT2D eigenvalue weighted by Gasteiger charge is -2.38. The highest BCUT2D eigenvalue weighted by Crippen LogP contribution is 2.25. The van der Waals surface area contributed by atoms with Crippen molar-refractivity contribution < 1.29 is 14.3 Å². The summed E-state index contributed by atoms with van der Waals surface area (Å²) in [5.41, 5.74) is 1.83. The highest BCUT2D eigenvalue weighted by atomic mass is 35.5. The van der Waals surface area contributed by atoms with Crippen LogP contribution in [0.15, 0.2) is 35.9 Å². The molecule has 0 saturated carbocycles. The van der Waals surface area contributed by atoms with Gasteiger partial charge in [-0.2, -0.15) is 0 Å². The number of halogens is 1. The molecule has 1 unspecified atom stereocenters. The molecule has 0 aliphatic carbocycles. The van der Waals surface area contributed by atoms with Crippen molar-refractivity contribution in [3.05, 3.63) is 46.5 Å². The summed E-state index contributed by atoms with van der Waals surface area (Å²) in [4.78, 5) is 28.2. The summed E-state index contributed by atoms with van der Waals surface area (Å²) in [7, 11) is 1.39. The minimum Gasteiger partial charge on any atom is -0.468 e. The zero-order chi connectivity index (χ0) is 17.7. The van der Waals surface area contributed by atoms with Crippen LogP contribution in [0.1, 0.15) is 25.5 Å². The summed E-state index contributed by atoms with van der Waals surface area (Å²) in [5.74, 6) is -0.280. The van der Waals surface area contributed by atoms with Gasteiger partial charge in [0.1, 0.15) is 6.04 Å². The Morgan fingerprint density at radius 3 is 2.21 bits per heavy atom. The Hall–Kier alpha value is -1.85. The number of esters is 1. The van der Waals surface area contributed by atoms with E-state index in [9.17, 15) is 9.59 Å². The molecule has 1 amide bonds. The molecular formula is C18H23ClN2O3. The minimum absolute atomic E-state index is 0.0239. The van der Waals surface area contributed by atoms with E-state index in [1.165, 1.54) is 7.11 Å². The molecule has 24 heavy (non-hydrogen) atoms. The highest BCUT2D eigenvalue weighted by molar-refractivity contribution is 6.30. The van der Waals surface area contributed by atoms with Crippen molar-refractivity contribution in [3.8, 4) is 0 Å². The van der Waals surface area contributed by atoms with E-state index < -0.39 is 6.04 Å². The number of ether oxygens (including phenoxy) is 1. The smallest absolute Gasteiger partial charge is 0.327 e. The van der Waals surface area contributed by atoms with Crippen LogP contribution >= 0.6 is 11.6 Å². The fourth-order valence-corrected chi connectivity index (χ4v) is 2.92. The molecule has 5 nitrogen and oxygen atoms in total. The van der Waals surface area contributed by atoms with Crippen molar-refractivity contribution in [1.82, 2.24) is 9.80 Å². The first-order valence-corrected chi connectivity index (χ1v) is 8.31. The third kappa shape index (κ3) is 4.58. The fraction of sp³-hybridized carbons (Fsp3) is 0.444. The Morgan fingerprint density at radius 1 is 1.12 bits per heavy atom. The molecule has 1 atom stereocenters. The molecule has 1 aliphatic heterocycles. The molecule has 0 bridgehead atoms. The zero-order valence-corrected chi connectivity index (χ0v) is 15.0. The van der Waals surface area contributed by atoms with Crippen LogP contribution in [0.3, 0.4) is 0 Å². The summed E-state index contributed by atoms with van der Waals surface area (Å²) in [6, 6.07) is 6.73. The van der Waals surface area contributed by atoms with Gasteiger partial charge in [0.25, 0.3) is 0 Å². The SMILES string of the molecule is COC(=O)C(c1ccc(Cl)cc1)N1CCN(C(=O)C=C(C)C)CC1. The van der Waals surface area contributed by atoms with Gasteiger partial charge in [0.05, 0.1) is 7.11 Å². The predicted octanol–water partition coefficient (Wildman–Crippen LogP) is 2.66. The maximum absolute atomic E-state index is 12.3. The monoisotopic (exact) mass is 350 g/mol. The Balaban J connectivity index is 2.10. The molecule has 0 radical (unpaired) electrons. The van der Waals surface area contributed by atoms with Crippen molar-refractivity contribution in [2.75, 3.05) is 33.3 Å².